The third-order valence-electron chi connectivity index (χ3n) is 1.73. The second-order valence-electron chi connectivity index (χ2n) is 2.77. The lowest BCUT2D eigenvalue weighted by Gasteiger charge is -2.06. The molecule has 0 N–H and O–H groups in total. The Bertz CT molecular complexity index is 423. The third kappa shape index (κ3) is 2.12. The van der Waals surface area contributed by atoms with Gasteiger partial charge in [0.1, 0.15) is 17.4 Å². The summed E-state index contributed by atoms with van der Waals surface area (Å²) in [6.45, 7) is 2.02. The summed E-state index contributed by atoms with van der Waals surface area (Å²) in [5, 5.41) is 0.391. The zero-order chi connectivity index (χ0) is 11.5. The van der Waals surface area contributed by atoms with Gasteiger partial charge < -0.3 is 14.2 Å². The molecule has 2 rings (SSSR count). The zero-order valence-electron chi connectivity index (χ0n) is 8.31. The molecule has 86 valence electrons. The molecular weight excluding hydrogens is 254 g/mol. The molecule has 7 heteroatoms. The quantitative estimate of drug-likeness (QED) is 0.783. The average molecular weight is 262 g/mol. The minimum atomic E-state index is -0.617. The van der Waals surface area contributed by atoms with E-state index in [1.807, 2.05) is 0 Å². The number of esters is 1. The van der Waals surface area contributed by atoms with Gasteiger partial charge in [-0.1, -0.05) is 11.6 Å². The standard InChI is InChI=1S/C9H8ClNO4S/c1-2-13-8(12)7-11-6(10)5(16-7)9-14-3-4-15-9/h3-4,9H,2H2,1H3. The SMILES string of the molecule is CCOC(=O)c1nc(Cl)c(C2OC=CO2)s1. The number of ether oxygens (including phenoxy) is 3. The summed E-state index contributed by atoms with van der Waals surface area (Å²) in [5.74, 6) is -0.494. The molecule has 16 heavy (non-hydrogen) atoms. The molecule has 0 unspecified atom stereocenters. The van der Waals surface area contributed by atoms with Crippen molar-refractivity contribution in [3.05, 3.63) is 27.6 Å². The Morgan fingerprint density at radius 1 is 1.62 bits per heavy atom. The van der Waals surface area contributed by atoms with Crippen LogP contribution in [0.1, 0.15) is 27.9 Å². The molecule has 0 amide bonds. The van der Waals surface area contributed by atoms with Crippen molar-refractivity contribution in [1.29, 1.82) is 0 Å². The highest BCUT2D eigenvalue weighted by Gasteiger charge is 2.26. The van der Waals surface area contributed by atoms with E-state index in [-0.39, 0.29) is 10.2 Å². The Labute approximate surface area is 101 Å². The van der Waals surface area contributed by atoms with Gasteiger partial charge in [-0.25, -0.2) is 9.78 Å². The third-order valence-corrected chi connectivity index (χ3v) is 3.19. The number of carbonyl (C=O) groups excluding carboxylic acids is 1. The fourth-order valence-corrected chi connectivity index (χ4v) is 2.27. The van der Waals surface area contributed by atoms with Crippen molar-refractivity contribution in [3.8, 4) is 0 Å². The summed E-state index contributed by atoms with van der Waals surface area (Å²) in [6, 6.07) is 0. The number of carbonyl (C=O) groups is 1. The molecule has 0 radical (unpaired) electrons. The van der Waals surface area contributed by atoms with Gasteiger partial charge in [-0.3, -0.25) is 0 Å². The van der Waals surface area contributed by atoms with E-state index in [0.717, 1.165) is 11.3 Å². The predicted octanol–water partition coefficient (Wildman–Crippen LogP) is 2.49. The molecule has 2 heterocycles. The number of aromatic nitrogens is 1. The van der Waals surface area contributed by atoms with Gasteiger partial charge >= 0.3 is 5.97 Å². The zero-order valence-corrected chi connectivity index (χ0v) is 9.88. The fourth-order valence-electron chi connectivity index (χ4n) is 1.10. The summed E-state index contributed by atoms with van der Waals surface area (Å²) < 4.78 is 15.0. The number of hydrogen-bond donors (Lipinski definition) is 0. The van der Waals surface area contributed by atoms with Crippen LogP contribution in [0.5, 0.6) is 0 Å². The first-order valence-corrected chi connectivity index (χ1v) is 5.71. The van der Waals surface area contributed by atoms with Crippen LogP contribution in [0.25, 0.3) is 0 Å². The first-order chi connectivity index (χ1) is 7.72. The fraction of sp³-hybridized carbons (Fsp3) is 0.333. The van der Waals surface area contributed by atoms with Gasteiger partial charge in [0.2, 0.25) is 5.01 Å². The van der Waals surface area contributed by atoms with Crippen LogP contribution in [-0.2, 0) is 14.2 Å². The van der Waals surface area contributed by atoms with Gasteiger partial charge in [-0.15, -0.1) is 11.3 Å². The van der Waals surface area contributed by atoms with Crippen LogP contribution < -0.4 is 0 Å². The first kappa shape index (κ1) is 11.2. The van der Waals surface area contributed by atoms with E-state index in [0.29, 0.717) is 11.5 Å². The maximum Gasteiger partial charge on any atom is 0.367 e. The van der Waals surface area contributed by atoms with Gasteiger partial charge in [-0.2, -0.15) is 0 Å². The molecule has 0 aliphatic carbocycles. The molecule has 1 aromatic heterocycles. The number of hydrogen-bond acceptors (Lipinski definition) is 6. The number of thiazole rings is 1. The van der Waals surface area contributed by atoms with Crippen LogP contribution in [-0.4, -0.2) is 17.6 Å². The molecule has 0 saturated heterocycles. The Morgan fingerprint density at radius 2 is 2.31 bits per heavy atom. The van der Waals surface area contributed by atoms with Gasteiger partial charge in [0.15, 0.2) is 5.15 Å². The van der Waals surface area contributed by atoms with E-state index in [9.17, 15) is 4.79 Å². The van der Waals surface area contributed by atoms with Crippen molar-refractivity contribution < 1.29 is 19.0 Å². The molecule has 0 bridgehead atoms. The van der Waals surface area contributed by atoms with Crippen LogP contribution in [0, 0.1) is 0 Å². The molecule has 0 saturated carbocycles. The van der Waals surface area contributed by atoms with Crippen LogP contribution in [0.15, 0.2) is 12.5 Å². The van der Waals surface area contributed by atoms with E-state index < -0.39 is 12.3 Å². The van der Waals surface area contributed by atoms with Crippen molar-refractivity contribution in [2.45, 2.75) is 13.2 Å². The summed E-state index contributed by atoms with van der Waals surface area (Å²) in [6.07, 6.45) is 2.20. The van der Waals surface area contributed by atoms with E-state index in [1.54, 1.807) is 6.92 Å². The van der Waals surface area contributed by atoms with E-state index in [2.05, 4.69) is 4.98 Å². The molecular formula is C9H8ClNO4S. The Morgan fingerprint density at radius 3 is 2.94 bits per heavy atom. The molecule has 0 aromatic carbocycles. The molecule has 5 nitrogen and oxygen atoms in total. The van der Waals surface area contributed by atoms with Crippen molar-refractivity contribution in [3.63, 3.8) is 0 Å². The minimum Gasteiger partial charge on any atom is -0.461 e. The Balaban J connectivity index is 2.18. The van der Waals surface area contributed by atoms with Crippen LogP contribution >= 0.6 is 22.9 Å². The summed E-state index contributed by atoms with van der Waals surface area (Å²) in [7, 11) is 0. The van der Waals surface area contributed by atoms with Crippen molar-refractivity contribution in [2.75, 3.05) is 6.61 Å². The molecule has 0 atom stereocenters. The smallest absolute Gasteiger partial charge is 0.367 e. The topological polar surface area (TPSA) is 57.7 Å². The van der Waals surface area contributed by atoms with Crippen molar-refractivity contribution >= 4 is 28.9 Å². The van der Waals surface area contributed by atoms with Crippen LogP contribution in [0.2, 0.25) is 5.15 Å². The van der Waals surface area contributed by atoms with E-state index in [4.69, 9.17) is 25.8 Å². The lowest BCUT2D eigenvalue weighted by molar-refractivity contribution is -0.0217. The van der Waals surface area contributed by atoms with Gasteiger partial charge in [-0.05, 0) is 6.92 Å². The largest absolute Gasteiger partial charge is 0.461 e. The van der Waals surface area contributed by atoms with Crippen LogP contribution in [0.4, 0.5) is 0 Å². The maximum absolute atomic E-state index is 11.4. The first-order valence-electron chi connectivity index (χ1n) is 4.51. The maximum atomic E-state index is 11.4. The highest BCUT2D eigenvalue weighted by atomic mass is 35.5. The minimum absolute atomic E-state index is 0.195. The summed E-state index contributed by atoms with van der Waals surface area (Å²) in [4.78, 5) is 15.8. The number of rotatable bonds is 3. The second-order valence-corrected chi connectivity index (χ2v) is 4.16. The predicted molar refractivity (Wildman–Crippen MR) is 57.1 cm³/mol. The van der Waals surface area contributed by atoms with E-state index in [1.165, 1.54) is 12.5 Å². The Hall–Kier alpha value is -1.27. The van der Waals surface area contributed by atoms with E-state index >= 15 is 0 Å². The van der Waals surface area contributed by atoms with Gasteiger partial charge in [0.25, 0.3) is 6.29 Å². The molecule has 0 spiro atoms. The Kier molecular flexibility index (Phi) is 3.31. The second kappa shape index (κ2) is 4.71. The summed E-state index contributed by atoms with van der Waals surface area (Å²) in [5.41, 5.74) is 0. The van der Waals surface area contributed by atoms with Gasteiger partial charge in [0, 0.05) is 0 Å². The lowest BCUT2D eigenvalue weighted by atomic mass is 10.5. The van der Waals surface area contributed by atoms with Crippen molar-refractivity contribution in [2.24, 2.45) is 0 Å². The highest BCUT2D eigenvalue weighted by Crippen LogP contribution is 2.34. The van der Waals surface area contributed by atoms with Crippen molar-refractivity contribution in [1.82, 2.24) is 4.98 Å². The number of halogens is 1. The normalized spacial score (nSPS) is 14.6. The molecule has 1 aliphatic heterocycles. The number of nitrogens with zero attached hydrogens (tertiary/aromatic N) is 1. The van der Waals surface area contributed by atoms with Gasteiger partial charge in [0.05, 0.1) is 6.61 Å². The molecule has 0 fully saturated rings. The highest BCUT2D eigenvalue weighted by molar-refractivity contribution is 7.14. The summed E-state index contributed by atoms with van der Waals surface area (Å²) >= 11 is 6.97. The average Bonchev–Trinajstić information content (AvgIpc) is 2.86. The molecule has 1 aromatic rings. The monoisotopic (exact) mass is 261 g/mol. The van der Waals surface area contributed by atoms with Crippen LogP contribution in [0.3, 0.4) is 0 Å². The molecule has 1 aliphatic rings. The lowest BCUT2D eigenvalue weighted by Crippen LogP contribution is -2.03.